The Balaban J connectivity index is 1.60. The number of nitrogens with zero attached hydrogens (tertiary/aromatic N) is 1. The second-order valence-electron chi connectivity index (χ2n) is 4.45. The zero-order chi connectivity index (χ0) is 7.42. The highest BCUT2D eigenvalue weighted by atomic mass is 15.3. The molecular weight excluding hydrogens is 136 g/mol. The lowest BCUT2D eigenvalue weighted by molar-refractivity contribution is 0.156. The number of hydrogen-bond acceptors (Lipinski definition) is 2. The van der Waals surface area contributed by atoms with Crippen LogP contribution < -0.4 is 5.32 Å². The van der Waals surface area contributed by atoms with E-state index >= 15 is 0 Å². The van der Waals surface area contributed by atoms with Crippen molar-refractivity contribution in [3.8, 4) is 0 Å². The van der Waals surface area contributed by atoms with Gasteiger partial charge in [-0.3, -0.25) is 4.90 Å². The normalized spacial score (nSPS) is 50.5. The summed E-state index contributed by atoms with van der Waals surface area (Å²) >= 11 is 0. The Morgan fingerprint density at radius 2 is 1.82 bits per heavy atom. The predicted molar refractivity (Wildman–Crippen MR) is 44.4 cm³/mol. The van der Waals surface area contributed by atoms with E-state index in [2.05, 4.69) is 17.1 Å². The third-order valence-corrected chi connectivity index (χ3v) is 3.93. The molecule has 3 atom stereocenters. The highest BCUT2D eigenvalue weighted by Gasteiger charge is 2.53. The Bertz CT molecular complexity index is 164. The van der Waals surface area contributed by atoms with Crippen LogP contribution >= 0.6 is 0 Å². The fourth-order valence-electron chi connectivity index (χ4n) is 2.69. The van der Waals surface area contributed by atoms with Gasteiger partial charge in [-0.2, -0.15) is 0 Å². The molecule has 0 bridgehead atoms. The first-order chi connectivity index (χ1) is 5.36. The number of piperidine rings is 1. The first-order valence-electron chi connectivity index (χ1n) is 4.81. The van der Waals surface area contributed by atoms with Crippen molar-refractivity contribution in [3.05, 3.63) is 0 Å². The van der Waals surface area contributed by atoms with Crippen molar-refractivity contribution in [3.63, 3.8) is 0 Å². The summed E-state index contributed by atoms with van der Waals surface area (Å²) < 4.78 is 0. The monoisotopic (exact) mass is 152 g/mol. The van der Waals surface area contributed by atoms with Crippen LogP contribution in [0.25, 0.3) is 0 Å². The molecule has 0 radical (unpaired) electrons. The van der Waals surface area contributed by atoms with Crippen molar-refractivity contribution in [1.29, 1.82) is 0 Å². The molecule has 2 heteroatoms. The molecule has 0 spiro atoms. The van der Waals surface area contributed by atoms with Gasteiger partial charge in [-0.1, -0.05) is 6.92 Å². The second-order valence-corrected chi connectivity index (χ2v) is 4.45. The summed E-state index contributed by atoms with van der Waals surface area (Å²) in [7, 11) is 0. The number of hydrogen-bond donors (Lipinski definition) is 1. The third kappa shape index (κ3) is 0.798. The van der Waals surface area contributed by atoms with Crippen LogP contribution in [0.5, 0.6) is 0 Å². The van der Waals surface area contributed by atoms with E-state index in [0.29, 0.717) is 0 Å². The van der Waals surface area contributed by atoms with Crippen molar-refractivity contribution in [2.24, 2.45) is 17.8 Å². The number of likely N-dealkylation sites (tertiary alicyclic amines) is 1. The topological polar surface area (TPSA) is 15.3 Å². The van der Waals surface area contributed by atoms with Crippen LogP contribution in [-0.2, 0) is 0 Å². The van der Waals surface area contributed by atoms with Gasteiger partial charge < -0.3 is 5.32 Å². The number of rotatable bonds is 1. The quantitative estimate of drug-likeness (QED) is 0.575. The zero-order valence-corrected chi connectivity index (χ0v) is 7.09. The van der Waals surface area contributed by atoms with Gasteiger partial charge in [0.15, 0.2) is 0 Å². The average molecular weight is 152 g/mol. The maximum Gasteiger partial charge on any atom is 0.0345 e. The molecule has 11 heavy (non-hydrogen) atoms. The van der Waals surface area contributed by atoms with Crippen molar-refractivity contribution in [2.75, 3.05) is 26.2 Å². The molecule has 2 nitrogen and oxygen atoms in total. The number of nitrogens with one attached hydrogen (secondary N) is 1. The summed E-state index contributed by atoms with van der Waals surface area (Å²) in [5, 5.41) is 3.34. The van der Waals surface area contributed by atoms with Gasteiger partial charge in [-0.05, 0) is 17.8 Å². The Labute approximate surface area is 68.0 Å². The SMILES string of the molecule is CC1[C@H]2CN(C3CNC3)C[C@@H]12. The van der Waals surface area contributed by atoms with Crippen LogP contribution in [0.15, 0.2) is 0 Å². The van der Waals surface area contributed by atoms with Crippen LogP contribution in [0.3, 0.4) is 0 Å². The fourth-order valence-corrected chi connectivity index (χ4v) is 2.69. The maximum absolute atomic E-state index is 3.34. The molecule has 2 saturated heterocycles. The smallest absolute Gasteiger partial charge is 0.0345 e. The zero-order valence-electron chi connectivity index (χ0n) is 7.09. The molecule has 2 heterocycles. The molecule has 1 N–H and O–H groups in total. The minimum absolute atomic E-state index is 0.898. The van der Waals surface area contributed by atoms with Gasteiger partial charge in [0.05, 0.1) is 0 Å². The minimum atomic E-state index is 0.898. The Morgan fingerprint density at radius 3 is 2.27 bits per heavy atom. The summed E-state index contributed by atoms with van der Waals surface area (Å²) in [6.07, 6.45) is 0. The molecule has 0 aromatic rings. The van der Waals surface area contributed by atoms with E-state index in [-0.39, 0.29) is 0 Å². The molecule has 0 amide bonds. The standard InChI is InChI=1S/C9H16N2/c1-6-8-4-11(5-9(6)8)7-2-10-3-7/h6-10H,2-5H2,1H3/t6?,8-,9+. The molecule has 3 rings (SSSR count). The first-order valence-corrected chi connectivity index (χ1v) is 4.81. The molecule has 1 unspecified atom stereocenters. The van der Waals surface area contributed by atoms with Crippen LogP contribution in [0.2, 0.25) is 0 Å². The van der Waals surface area contributed by atoms with E-state index in [0.717, 1.165) is 23.8 Å². The molecule has 62 valence electrons. The fraction of sp³-hybridized carbons (Fsp3) is 1.00. The van der Waals surface area contributed by atoms with Crippen LogP contribution in [-0.4, -0.2) is 37.1 Å². The average Bonchev–Trinajstić information content (AvgIpc) is 2.42. The highest BCUT2D eigenvalue weighted by molar-refractivity contribution is 5.05. The second kappa shape index (κ2) is 1.99. The van der Waals surface area contributed by atoms with E-state index in [1.165, 1.54) is 26.2 Å². The van der Waals surface area contributed by atoms with Gasteiger partial charge in [0.2, 0.25) is 0 Å². The molecule has 3 fully saturated rings. The summed E-state index contributed by atoms with van der Waals surface area (Å²) in [5.74, 6) is 3.21. The van der Waals surface area contributed by atoms with Gasteiger partial charge >= 0.3 is 0 Å². The summed E-state index contributed by atoms with van der Waals surface area (Å²) in [5.41, 5.74) is 0. The minimum Gasteiger partial charge on any atom is -0.314 e. The van der Waals surface area contributed by atoms with E-state index in [9.17, 15) is 0 Å². The Kier molecular flexibility index (Phi) is 1.16. The number of fused-ring (bicyclic) bond motifs is 1. The molecule has 2 aliphatic heterocycles. The van der Waals surface area contributed by atoms with Gasteiger partial charge in [0.1, 0.15) is 0 Å². The van der Waals surface area contributed by atoms with E-state index in [4.69, 9.17) is 0 Å². The molecule has 0 aromatic heterocycles. The van der Waals surface area contributed by atoms with Crippen LogP contribution in [0.4, 0.5) is 0 Å². The van der Waals surface area contributed by atoms with Crippen molar-refractivity contribution >= 4 is 0 Å². The lowest BCUT2D eigenvalue weighted by atomic mass is 10.1. The molecule has 0 aromatic carbocycles. The van der Waals surface area contributed by atoms with E-state index in [1.54, 1.807) is 0 Å². The summed E-state index contributed by atoms with van der Waals surface area (Å²) in [6.45, 7) is 7.70. The van der Waals surface area contributed by atoms with Crippen molar-refractivity contribution in [1.82, 2.24) is 10.2 Å². The summed E-state index contributed by atoms with van der Waals surface area (Å²) in [6, 6.07) is 0.898. The van der Waals surface area contributed by atoms with Crippen molar-refractivity contribution in [2.45, 2.75) is 13.0 Å². The first kappa shape index (κ1) is 6.44. The Hall–Kier alpha value is -0.0800. The van der Waals surface area contributed by atoms with Crippen LogP contribution in [0.1, 0.15) is 6.92 Å². The lowest BCUT2D eigenvalue weighted by Crippen LogP contribution is -2.57. The molecule has 1 saturated carbocycles. The highest BCUT2D eigenvalue weighted by Crippen LogP contribution is 2.51. The molecular formula is C9H16N2. The predicted octanol–water partition coefficient (Wildman–Crippen LogP) is 0.156. The van der Waals surface area contributed by atoms with Gasteiger partial charge in [0, 0.05) is 32.2 Å². The maximum atomic E-state index is 3.34. The molecule has 3 aliphatic rings. The summed E-state index contributed by atoms with van der Waals surface area (Å²) in [4.78, 5) is 2.69. The third-order valence-electron chi connectivity index (χ3n) is 3.93. The van der Waals surface area contributed by atoms with Gasteiger partial charge in [-0.25, -0.2) is 0 Å². The van der Waals surface area contributed by atoms with Gasteiger partial charge in [-0.15, -0.1) is 0 Å². The van der Waals surface area contributed by atoms with Crippen LogP contribution in [0, 0.1) is 17.8 Å². The lowest BCUT2D eigenvalue weighted by Gasteiger charge is -2.36. The van der Waals surface area contributed by atoms with E-state index in [1.807, 2.05) is 0 Å². The van der Waals surface area contributed by atoms with Crippen molar-refractivity contribution < 1.29 is 0 Å². The molecule has 1 aliphatic carbocycles. The van der Waals surface area contributed by atoms with Gasteiger partial charge in [0.25, 0.3) is 0 Å². The van der Waals surface area contributed by atoms with E-state index < -0.39 is 0 Å². The largest absolute Gasteiger partial charge is 0.314 e. The Morgan fingerprint density at radius 1 is 1.18 bits per heavy atom.